The summed E-state index contributed by atoms with van der Waals surface area (Å²) in [6.45, 7) is 0. The van der Waals surface area contributed by atoms with Crippen molar-refractivity contribution in [2.45, 2.75) is 11.7 Å². The van der Waals surface area contributed by atoms with E-state index in [4.69, 9.17) is 11.6 Å². The van der Waals surface area contributed by atoms with E-state index in [1.807, 2.05) is 12.2 Å². The van der Waals surface area contributed by atoms with Crippen LogP contribution >= 0.6 is 27.5 Å². The molecule has 96 valence electrons. The molecule has 1 aromatic rings. The molecule has 0 saturated heterocycles. The van der Waals surface area contributed by atoms with Crippen LogP contribution in [0.4, 0.5) is 5.69 Å². The first-order chi connectivity index (χ1) is 8.49. The SMILES string of the molecule is O=S(=O)(Nc1cc(Br)cnc1Cl)C1C=CC=CC1. The van der Waals surface area contributed by atoms with Crippen molar-refractivity contribution in [3.63, 3.8) is 0 Å². The van der Waals surface area contributed by atoms with Gasteiger partial charge >= 0.3 is 0 Å². The van der Waals surface area contributed by atoms with E-state index in [2.05, 4.69) is 25.6 Å². The van der Waals surface area contributed by atoms with Crippen LogP contribution in [-0.4, -0.2) is 18.7 Å². The van der Waals surface area contributed by atoms with Crippen LogP contribution < -0.4 is 4.72 Å². The number of nitrogens with one attached hydrogen (secondary N) is 1. The van der Waals surface area contributed by atoms with E-state index < -0.39 is 15.3 Å². The maximum absolute atomic E-state index is 12.1. The molecular formula is C11H10BrClN2O2S. The van der Waals surface area contributed by atoms with Gasteiger partial charge in [-0.15, -0.1) is 0 Å². The van der Waals surface area contributed by atoms with Crippen LogP contribution in [0.25, 0.3) is 0 Å². The third-order valence-electron chi connectivity index (χ3n) is 2.40. The number of rotatable bonds is 3. The molecule has 1 N–H and O–H groups in total. The van der Waals surface area contributed by atoms with E-state index >= 15 is 0 Å². The largest absolute Gasteiger partial charge is 0.280 e. The van der Waals surface area contributed by atoms with Gasteiger partial charge in [-0.1, -0.05) is 35.9 Å². The zero-order valence-electron chi connectivity index (χ0n) is 9.18. The molecule has 1 aliphatic carbocycles. The van der Waals surface area contributed by atoms with Crippen molar-refractivity contribution >= 4 is 43.2 Å². The molecule has 1 aromatic heterocycles. The number of anilines is 1. The van der Waals surface area contributed by atoms with Crippen LogP contribution in [-0.2, 0) is 10.0 Å². The Kier molecular flexibility index (Phi) is 4.09. The first-order valence-electron chi connectivity index (χ1n) is 5.15. The van der Waals surface area contributed by atoms with Gasteiger partial charge in [-0.3, -0.25) is 4.72 Å². The Hall–Kier alpha value is -0.850. The molecular weight excluding hydrogens is 340 g/mol. The zero-order valence-corrected chi connectivity index (χ0v) is 12.3. The van der Waals surface area contributed by atoms with Crippen molar-refractivity contribution in [2.24, 2.45) is 0 Å². The smallest absolute Gasteiger partial charge is 0.239 e. The summed E-state index contributed by atoms with van der Waals surface area (Å²) in [5.41, 5.74) is 0.272. The van der Waals surface area contributed by atoms with Crippen LogP contribution in [0.1, 0.15) is 6.42 Å². The Labute approximate surface area is 119 Å². The first kappa shape index (κ1) is 13.6. The number of aromatic nitrogens is 1. The molecule has 18 heavy (non-hydrogen) atoms. The molecule has 0 amide bonds. The fourth-order valence-corrected chi connectivity index (χ4v) is 3.32. The minimum absolute atomic E-state index is 0.122. The van der Waals surface area contributed by atoms with E-state index in [9.17, 15) is 8.42 Å². The van der Waals surface area contributed by atoms with Crippen molar-refractivity contribution in [3.05, 3.63) is 46.2 Å². The molecule has 0 aliphatic heterocycles. The predicted octanol–water partition coefficient (Wildman–Crippen LogP) is 3.12. The van der Waals surface area contributed by atoms with Crippen molar-refractivity contribution in [3.8, 4) is 0 Å². The monoisotopic (exact) mass is 348 g/mol. The summed E-state index contributed by atoms with van der Waals surface area (Å²) in [4.78, 5) is 3.87. The lowest BCUT2D eigenvalue weighted by molar-refractivity contribution is 0.593. The molecule has 7 heteroatoms. The van der Waals surface area contributed by atoms with Crippen molar-refractivity contribution < 1.29 is 8.42 Å². The normalized spacial score (nSPS) is 18.9. The van der Waals surface area contributed by atoms with Gasteiger partial charge in [-0.05, 0) is 28.4 Å². The summed E-state index contributed by atoms with van der Waals surface area (Å²) >= 11 is 9.07. The molecule has 1 unspecified atom stereocenters. The van der Waals surface area contributed by atoms with Crippen LogP contribution in [0.5, 0.6) is 0 Å². The van der Waals surface area contributed by atoms with Crippen molar-refractivity contribution in [1.29, 1.82) is 0 Å². The summed E-state index contributed by atoms with van der Waals surface area (Å²) in [7, 11) is -3.51. The fraction of sp³-hybridized carbons (Fsp3) is 0.182. The third-order valence-corrected chi connectivity index (χ3v) is 4.78. The second-order valence-corrected chi connectivity index (χ2v) is 6.90. The molecule has 0 bridgehead atoms. The second kappa shape index (κ2) is 5.42. The van der Waals surface area contributed by atoms with Gasteiger partial charge in [0.25, 0.3) is 0 Å². The van der Waals surface area contributed by atoms with E-state index in [1.54, 1.807) is 18.2 Å². The highest BCUT2D eigenvalue weighted by atomic mass is 79.9. The number of pyridine rings is 1. The minimum Gasteiger partial charge on any atom is -0.280 e. The Morgan fingerprint density at radius 3 is 2.89 bits per heavy atom. The van der Waals surface area contributed by atoms with Gasteiger partial charge in [0.05, 0.1) is 5.69 Å². The Balaban J connectivity index is 2.25. The van der Waals surface area contributed by atoms with Gasteiger partial charge in [0.2, 0.25) is 10.0 Å². The summed E-state index contributed by atoms with van der Waals surface area (Å²) in [6, 6.07) is 1.58. The maximum Gasteiger partial charge on any atom is 0.239 e. The quantitative estimate of drug-likeness (QED) is 0.853. The van der Waals surface area contributed by atoms with Gasteiger partial charge < -0.3 is 0 Å². The highest BCUT2D eigenvalue weighted by Gasteiger charge is 2.23. The second-order valence-electron chi connectivity index (χ2n) is 3.73. The molecule has 2 rings (SSSR count). The molecule has 4 nitrogen and oxygen atoms in total. The predicted molar refractivity (Wildman–Crippen MR) is 76.2 cm³/mol. The highest BCUT2D eigenvalue weighted by Crippen LogP contribution is 2.25. The summed E-state index contributed by atoms with van der Waals surface area (Å²) in [5, 5.41) is -0.463. The van der Waals surface area contributed by atoms with E-state index in [0.717, 1.165) is 0 Å². The first-order valence-corrected chi connectivity index (χ1v) is 7.87. The number of halogens is 2. The van der Waals surface area contributed by atoms with Gasteiger partial charge in [-0.2, -0.15) is 0 Å². The summed E-state index contributed by atoms with van der Waals surface area (Å²) in [6.07, 6.45) is 8.94. The molecule has 0 fully saturated rings. The van der Waals surface area contributed by atoms with Gasteiger partial charge in [0.15, 0.2) is 5.15 Å². The summed E-state index contributed by atoms with van der Waals surface area (Å²) in [5.74, 6) is 0. The lowest BCUT2D eigenvalue weighted by Gasteiger charge is -2.16. The van der Waals surface area contributed by atoms with Crippen LogP contribution in [0.3, 0.4) is 0 Å². The molecule has 0 radical (unpaired) electrons. The zero-order chi connectivity index (χ0) is 13.2. The number of allylic oxidation sites excluding steroid dienone is 3. The van der Waals surface area contributed by atoms with E-state index in [-0.39, 0.29) is 10.8 Å². The average Bonchev–Trinajstić information content (AvgIpc) is 2.35. The molecule has 0 spiro atoms. The van der Waals surface area contributed by atoms with E-state index in [1.165, 1.54) is 6.20 Å². The third kappa shape index (κ3) is 3.13. The Bertz CT molecular complexity index is 613. The Morgan fingerprint density at radius 1 is 1.44 bits per heavy atom. The lowest BCUT2D eigenvalue weighted by atomic mass is 10.2. The van der Waals surface area contributed by atoms with Gasteiger partial charge in [0, 0.05) is 10.7 Å². The van der Waals surface area contributed by atoms with Crippen LogP contribution in [0.2, 0.25) is 5.15 Å². The minimum atomic E-state index is -3.51. The summed E-state index contributed by atoms with van der Waals surface area (Å²) < 4.78 is 27.4. The molecule has 0 saturated carbocycles. The molecule has 1 atom stereocenters. The highest BCUT2D eigenvalue weighted by molar-refractivity contribution is 9.10. The van der Waals surface area contributed by atoms with Gasteiger partial charge in [0.1, 0.15) is 5.25 Å². The molecule has 1 aliphatic rings. The fourth-order valence-electron chi connectivity index (χ4n) is 1.51. The topological polar surface area (TPSA) is 59.1 Å². The standard InChI is InChI=1S/C11H10BrClN2O2S/c12-8-6-10(11(13)14-7-8)15-18(16,17)9-4-2-1-3-5-9/h1-4,6-7,9,15H,5H2. The van der Waals surface area contributed by atoms with Crippen LogP contribution in [0, 0.1) is 0 Å². The maximum atomic E-state index is 12.1. The van der Waals surface area contributed by atoms with Crippen molar-refractivity contribution in [1.82, 2.24) is 4.98 Å². The van der Waals surface area contributed by atoms with Crippen LogP contribution in [0.15, 0.2) is 41.0 Å². The Morgan fingerprint density at radius 2 is 2.22 bits per heavy atom. The van der Waals surface area contributed by atoms with E-state index in [0.29, 0.717) is 10.9 Å². The number of hydrogen-bond donors (Lipinski definition) is 1. The van der Waals surface area contributed by atoms with Gasteiger partial charge in [-0.25, -0.2) is 13.4 Å². The average molecular weight is 350 g/mol. The number of nitrogens with zero attached hydrogens (tertiary/aromatic N) is 1. The van der Waals surface area contributed by atoms with Crippen molar-refractivity contribution in [2.75, 3.05) is 4.72 Å². The molecule has 0 aromatic carbocycles. The lowest BCUT2D eigenvalue weighted by Crippen LogP contribution is -2.26. The molecule has 1 heterocycles. The number of hydrogen-bond acceptors (Lipinski definition) is 3. The number of sulfonamides is 1.